The third kappa shape index (κ3) is 2.54. The minimum Gasteiger partial charge on any atom is -0.353 e. The molecule has 4 heteroatoms. The van der Waals surface area contributed by atoms with Gasteiger partial charge >= 0.3 is 0 Å². The number of anilines is 1. The Hall–Kier alpha value is -1.68. The van der Waals surface area contributed by atoms with Crippen LogP contribution in [0.15, 0.2) is 30.5 Å². The van der Waals surface area contributed by atoms with Crippen molar-refractivity contribution in [1.29, 1.82) is 0 Å². The van der Waals surface area contributed by atoms with E-state index in [9.17, 15) is 0 Å². The quantitative estimate of drug-likeness (QED) is 0.910. The highest BCUT2D eigenvalue weighted by Gasteiger charge is 2.19. The molecule has 4 nitrogen and oxygen atoms in total. The lowest BCUT2D eigenvalue weighted by Gasteiger charge is -2.26. The minimum absolute atomic E-state index is 0.584. The molecule has 1 fully saturated rings. The van der Waals surface area contributed by atoms with Gasteiger partial charge in [0.15, 0.2) is 5.82 Å². The number of hydrogen-bond donors (Lipinski definition) is 1. The van der Waals surface area contributed by atoms with E-state index in [1.807, 2.05) is 12.3 Å². The van der Waals surface area contributed by atoms with Crippen molar-refractivity contribution in [3.05, 3.63) is 30.5 Å². The molecule has 1 aliphatic heterocycles. The van der Waals surface area contributed by atoms with Crippen LogP contribution in [0, 0.1) is 0 Å². The molecule has 1 aliphatic rings. The largest absolute Gasteiger partial charge is 0.353 e. The van der Waals surface area contributed by atoms with Gasteiger partial charge in [0.25, 0.3) is 0 Å². The molecule has 0 saturated carbocycles. The van der Waals surface area contributed by atoms with Gasteiger partial charge in [0.1, 0.15) is 0 Å². The number of benzene rings is 1. The number of nitrogens with one attached hydrogen (secondary N) is 1. The number of likely N-dealkylation sites (N-methyl/N-ethyl adjacent to an activating group) is 1. The Morgan fingerprint density at radius 2 is 2.26 bits per heavy atom. The summed E-state index contributed by atoms with van der Waals surface area (Å²) in [6, 6.07) is 8.91. The van der Waals surface area contributed by atoms with Crippen LogP contribution in [0.3, 0.4) is 0 Å². The van der Waals surface area contributed by atoms with Crippen LogP contribution in [0.2, 0.25) is 0 Å². The lowest BCUT2D eigenvalue weighted by molar-refractivity contribution is 0.583. The molecular weight excluding hydrogens is 236 g/mol. The van der Waals surface area contributed by atoms with Crippen molar-refractivity contribution in [2.45, 2.75) is 25.8 Å². The smallest absolute Gasteiger partial charge is 0.159 e. The maximum atomic E-state index is 4.37. The van der Waals surface area contributed by atoms with Gasteiger partial charge in [0, 0.05) is 29.9 Å². The fraction of sp³-hybridized carbons (Fsp3) is 0.467. The Balaban J connectivity index is 1.91. The van der Waals surface area contributed by atoms with Gasteiger partial charge in [0.2, 0.25) is 0 Å². The zero-order valence-electron chi connectivity index (χ0n) is 11.3. The molecular formula is C15H20N4. The molecule has 19 heavy (non-hydrogen) atoms. The molecule has 0 bridgehead atoms. The molecule has 1 aromatic heterocycles. The molecule has 1 N–H and O–H groups in total. The number of rotatable bonds is 4. The molecule has 1 aromatic carbocycles. The molecule has 2 aromatic rings. The fourth-order valence-corrected chi connectivity index (χ4v) is 2.79. The van der Waals surface area contributed by atoms with E-state index in [1.54, 1.807) is 0 Å². The predicted molar refractivity (Wildman–Crippen MR) is 78.4 cm³/mol. The van der Waals surface area contributed by atoms with Crippen LogP contribution in [0.4, 0.5) is 5.82 Å². The third-order valence-corrected chi connectivity index (χ3v) is 3.84. The lowest BCUT2D eigenvalue weighted by atomic mass is 10.1. The molecule has 0 radical (unpaired) electrons. The van der Waals surface area contributed by atoms with Crippen molar-refractivity contribution < 1.29 is 0 Å². The molecule has 0 aliphatic carbocycles. The van der Waals surface area contributed by atoms with Gasteiger partial charge in [-0.05, 0) is 26.3 Å². The van der Waals surface area contributed by atoms with E-state index < -0.39 is 0 Å². The highest BCUT2D eigenvalue weighted by molar-refractivity contribution is 5.91. The summed E-state index contributed by atoms with van der Waals surface area (Å²) in [5.41, 5.74) is 0. The lowest BCUT2D eigenvalue weighted by Crippen LogP contribution is -2.38. The van der Waals surface area contributed by atoms with Crippen LogP contribution in [0.5, 0.6) is 0 Å². The van der Waals surface area contributed by atoms with Crippen LogP contribution in [-0.2, 0) is 0 Å². The van der Waals surface area contributed by atoms with Gasteiger partial charge < -0.3 is 10.2 Å². The summed E-state index contributed by atoms with van der Waals surface area (Å²) in [5.74, 6) is 1.01. The molecule has 1 atom stereocenters. The van der Waals surface area contributed by atoms with Gasteiger partial charge in [-0.1, -0.05) is 24.3 Å². The Morgan fingerprint density at radius 1 is 1.37 bits per heavy atom. The van der Waals surface area contributed by atoms with E-state index in [2.05, 4.69) is 45.5 Å². The van der Waals surface area contributed by atoms with Crippen LogP contribution in [0.1, 0.15) is 19.8 Å². The first kappa shape index (κ1) is 12.4. The standard InChI is InChI=1S/C15H20N4/c1-2-19(11-13-7-5-9-16-13)15-14-8-4-3-6-12(14)10-17-18-15/h3-4,6,8,10,13,16H,2,5,7,9,11H2,1H3. The highest BCUT2D eigenvalue weighted by atomic mass is 15.3. The summed E-state index contributed by atoms with van der Waals surface area (Å²) in [6.45, 7) is 5.29. The fourth-order valence-electron chi connectivity index (χ4n) is 2.79. The SMILES string of the molecule is CCN(CC1CCCN1)c1nncc2ccccc12. The summed E-state index contributed by atoms with van der Waals surface area (Å²) >= 11 is 0. The van der Waals surface area contributed by atoms with Crippen LogP contribution in [0.25, 0.3) is 10.8 Å². The Bertz CT molecular complexity index is 543. The highest BCUT2D eigenvalue weighted by Crippen LogP contribution is 2.23. The van der Waals surface area contributed by atoms with E-state index in [-0.39, 0.29) is 0 Å². The number of hydrogen-bond acceptors (Lipinski definition) is 4. The first-order chi connectivity index (χ1) is 9.38. The van der Waals surface area contributed by atoms with Gasteiger partial charge in [-0.3, -0.25) is 0 Å². The zero-order valence-corrected chi connectivity index (χ0v) is 11.3. The van der Waals surface area contributed by atoms with Crippen LogP contribution in [-0.4, -0.2) is 35.9 Å². The molecule has 0 spiro atoms. The molecule has 2 heterocycles. The van der Waals surface area contributed by atoms with Gasteiger partial charge in [0.05, 0.1) is 6.20 Å². The van der Waals surface area contributed by atoms with Crippen molar-refractivity contribution in [1.82, 2.24) is 15.5 Å². The second-order valence-corrected chi connectivity index (χ2v) is 5.09. The average Bonchev–Trinajstić information content (AvgIpc) is 2.97. The summed E-state index contributed by atoms with van der Waals surface area (Å²) in [5, 5.41) is 14.4. The molecule has 1 unspecified atom stereocenters. The Labute approximate surface area is 113 Å². The van der Waals surface area contributed by atoms with Crippen molar-refractivity contribution in [3.8, 4) is 0 Å². The number of fused-ring (bicyclic) bond motifs is 1. The summed E-state index contributed by atoms with van der Waals surface area (Å²) in [7, 11) is 0. The van der Waals surface area contributed by atoms with E-state index in [4.69, 9.17) is 0 Å². The van der Waals surface area contributed by atoms with Gasteiger partial charge in [-0.2, -0.15) is 5.10 Å². The molecule has 100 valence electrons. The first-order valence-corrected chi connectivity index (χ1v) is 7.07. The predicted octanol–water partition coefficient (Wildman–Crippen LogP) is 2.21. The number of aromatic nitrogens is 2. The molecule has 3 rings (SSSR count). The first-order valence-electron chi connectivity index (χ1n) is 7.07. The summed E-state index contributed by atoms with van der Waals surface area (Å²) in [4.78, 5) is 2.33. The molecule has 0 amide bonds. The van der Waals surface area contributed by atoms with E-state index in [0.717, 1.165) is 30.8 Å². The Kier molecular flexibility index (Phi) is 3.60. The van der Waals surface area contributed by atoms with E-state index in [1.165, 1.54) is 18.2 Å². The van der Waals surface area contributed by atoms with Gasteiger partial charge in [-0.15, -0.1) is 5.10 Å². The van der Waals surface area contributed by atoms with Crippen LogP contribution >= 0.6 is 0 Å². The zero-order chi connectivity index (χ0) is 13.1. The van der Waals surface area contributed by atoms with Crippen molar-refractivity contribution in [2.24, 2.45) is 0 Å². The van der Waals surface area contributed by atoms with Crippen molar-refractivity contribution in [3.63, 3.8) is 0 Å². The maximum Gasteiger partial charge on any atom is 0.159 e. The number of nitrogens with zero attached hydrogens (tertiary/aromatic N) is 3. The Morgan fingerprint density at radius 3 is 3.05 bits per heavy atom. The van der Waals surface area contributed by atoms with Crippen LogP contribution < -0.4 is 10.2 Å². The normalized spacial score (nSPS) is 18.9. The second-order valence-electron chi connectivity index (χ2n) is 5.09. The van der Waals surface area contributed by atoms with Crippen molar-refractivity contribution >= 4 is 16.6 Å². The summed E-state index contributed by atoms with van der Waals surface area (Å²) < 4.78 is 0. The minimum atomic E-state index is 0.584. The summed E-state index contributed by atoms with van der Waals surface area (Å²) in [6.07, 6.45) is 4.37. The molecule has 1 saturated heterocycles. The van der Waals surface area contributed by atoms with E-state index >= 15 is 0 Å². The van der Waals surface area contributed by atoms with Gasteiger partial charge in [-0.25, -0.2) is 0 Å². The van der Waals surface area contributed by atoms with Crippen molar-refractivity contribution in [2.75, 3.05) is 24.5 Å². The van der Waals surface area contributed by atoms with E-state index in [0.29, 0.717) is 6.04 Å². The second kappa shape index (κ2) is 5.53. The third-order valence-electron chi connectivity index (χ3n) is 3.84. The maximum absolute atomic E-state index is 4.37. The topological polar surface area (TPSA) is 41.0 Å². The average molecular weight is 256 g/mol. The monoisotopic (exact) mass is 256 g/mol.